The standard InChI is InChI=1S/C13H17N5OS/c1-19-12-7-10(13-16-9-17-18-13)3-4-11(12)15-8-14-5-6-20-2/h3-4,7-9H,5-6H2,1-2H3,(H,14,15)(H,16,17,18). The van der Waals surface area contributed by atoms with Crippen LogP contribution in [0, 0.1) is 0 Å². The monoisotopic (exact) mass is 291 g/mol. The van der Waals surface area contributed by atoms with Gasteiger partial charge in [-0.3, -0.25) is 10.1 Å². The minimum atomic E-state index is 0.712. The van der Waals surface area contributed by atoms with Crippen LogP contribution >= 0.6 is 11.8 Å². The van der Waals surface area contributed by atoms with E-state index in [9.17, 15) is 0 Å². The second kappa shape index (κ2) is 7.54. The summed E-state index contributed by atoms with van der Waals surface area (Å²) in [4.78, 5) is 8.38. The lowest BCUT2D eigenvalue weighted by Gasteiger charge is -2.09. The Hall–Kier alpha value is -2.02. The van der Waals surface area contributed by atoms with Crippen LogP contribution in [0.15, 0.2) is 29.5 Å². The highest BCUT2D eigenvalue weighted by Gasteiger charge is 2.06. The summed E-state index contributed by atoms with van der Waals surface area (Å²) in [5, 5.41) is 9.79. The number of aromatic nitrogens is 3. The third kappa shape index (κ3) is 3.74. The van der Waals surface area contributed by atoms with Crippen LogP contribution in [0.25, 0.3) is 11.4 Å². The van der Waals surface area contributed by atoms with Gasteiger partial charge < -0.3 is 10.1 Å². The average Bonchev–Trinajstić information content (AvgIpc) is 3.01. The van der Waals surface area contributed by atoms with Crippen LogP contribution in [-0.4, -0.2) is 47.2 Å². The fraction of sp³-hybridized carbons (Fsp3) is 0.308. The number of benzene rings is 1. The summed E-state index contributed by atoms with van der Waals surface area (Å²) in [6, 6.07) is 5.77. The fourth-order valence-corrected chi connectivity index (χ4v) is 1.91. The summed E-state index contributed by atoms with van der Waals surface area (Å²) in [7, 11) is 1.63. The molecule has 1 heterocycles. The number of anilines is 1. The minimum absolute atomic E-state index is 0.712. The second-order valence-electron chi connectivity index (χ2n) is 3.92. The first-order valence-electron chi connectivity index (χ1n) is 6.12. The maximum atomic E-state index is 5.37. The number of aromatic amines is 1. The molecule has 2 N–H and O–H groups in total. The van der Waals surface area contributed by atoms with Crippen molar-refractivity contribution < 1.29 is 4.74 Å². The van der Waals surface area contributed by atoms with Crippen molar-refractivity contribution in [3.05, 3.63) is 24.5 Å². The van der Waals surface area contributed by atoms with Crippen molar-refractivity contribution >= 4 is 23.8 Å². The summed E-state index contributed by atoms with van der Waals surface area (Å²) < 4.78 is 5.37. The molecule has 0 saturated carbocycles. The number of H-pyrrole nitrogens is 1. The Bertz CT molecular complexity index is 556. The van der Waals surface area contributed by atoms with E-state index in [1.54, 1.807) is 25.2 Å². The molecule has 0 unspecified atom stereocenters. The quantitative estimate of drug-likeness (QED) is 0.465. The summed E-state index contributed by atoms with van der Waals surface area (Å²) in [6.07, 6.45) is 5.24. The Balaban J connectivity index is 2.08. The normalized spacial score (nSPS) is 10.9. The third-order valence-corrected chi connectivity index (χ3v) is 3.22. The molecular formula is C13H17N5OS. The Morgan fingerprint density at radius 1 is 1.50 bits per heavy atom. The van der Waals surface area contributed by atoms with Crippen LogP contribution in [0.2, 0.25) is 0 Å². The third-order valence-electron chi connectivity index (χ3n) is 2.63. The number of ether oxygens (including phenoxy) is 1. The van der Waals surface area contributed by atoms with Gasteiger partial charge >= 0.3 is 0 Å². The zero-order valence-electron chi connectivity index (χ0n) is 11.5. The van der Waals surface area contributed by atoms with Gasteiger partial charge in [-0.1, -0.05) is 0 Å². The van der Waals surface area contributed by atoms with Gasteiger partial charge in [0.1, 0.15) is 12.1 Å². The summed E-state index contributed by atoms with van der Waals surface area (Å²) in [5.41, 5.74) is 1.79. The lowest BCUT2D eigenvalue weighted by molar-refractivity contribution is 0.417. The topological polar surface area (TPSA) is 75.2 Å². The van der Waals surface area contributed by atoms with Crippen LogP contribution < -0.4 is 10.1 Å². The molecule has 0 spiro atoms. The zero-order chi connectivity index (χ0) is 14.2. The van der Waals surface area contributed by atoms with E-state index in [0.29, 0.717) is 5.82 Å². The van der Waals surface area contributed by atoms with Crippen molar-refractivity contribution in [1.82, 2.24) is 15.2 Å². The molecule has 0 aliphatic carbocycles. The average molecular weight is 291 g/mol. The van der Waals surface area contributed by atoms with Crippen LogP contribution in [-0.2, 0) is 0 Å². The Morgan fingerprint density at radius 2 is 2.40 bits per heavy atom. The Kier molecular flexibility index (Phi) is 5.43. The molecule has 7 heteroatoms. The molecule has 0 radical (unpaired) electrons. The van der Waals surface area contributed by atoms with Gasteiger partial charge in [-0.15, -0.1) is 0 Å². The predicted octanol–water partition coefficient (Wildman–Crippen LogP) is 2.28. The SMILES string of the molecule is COc1cc(-c2ncn[nH]2)ccc1NC=NCCSC. The number of hydrogen-bond donors (Lipinski definition) is 2. The van der Waals surface area contributed by atoms with Crippen LogP contribution in [0.4, 0.5) is 5.69 Å². The highest BCUT2D eigenvalue weighted by atomic mass is 32.2. The number of nitrogens with zero attached hydrogens (tertiary/aromatic N) is 3. The summed E-state index contributed by atoms with van der Waals surface area (Å²) in [5.74, 6) is 2.46. The number of hydrogen-bond acceptors (Lipinski definition) is 5. The van der Waals surface area contributed by atoms with Crippen molar-refractivity contribution in [3.8, 4) is 17.1 Å². The molecule has 0 amide bonds. The fourth-order valence-electron chi connectivity index (χ4n) is 1.63. The Labute approximate surface area is 122 Å². The summed E-state index contributed by atoms with van der Waals surface area (Å²) in [6.45, 7) is 0.798. The number of thioether (sulfide) groups is 1. The van der Waals surface area contributed by atoms with Crippen LogP contribution in [0.5, 0.6) is 5.75 Å². The molecule has 1 aromatic carbocycles. The van der Waals surface area contributed by atoms with E-state index in [0.717, 1.165) is 29.3 Å². The van der Waals surface area contributed by atoms with Gasteiger partial charge in [0.25, 0.3) is 0 Å². The number of methoxy groups -OCH3 is 1. The molecule has 0 saturated heterocycles. The Morgan fingerprint density at radius 3 is 3.10 bits per heavy atom. The largest absolute Gasteiger partial charge is 0.495 e. The van der Waals surface area contributed by atoms with Gasteiger partial charge in [0, 0.05) is 17.9 Å². The first-order chi connectivity index (χ1) is 9.85. The molecule has 1 aromatic heterocycles. The second-order valence-corrected chi connectivity index (χ2v) is 4.91. The van der Waals surface area contributed by atoms with Gasteiger partial charge in [0.15, 0.2) is 5.82 Å². The molecule has 106 valence electrons. The molecule has 2 aromatic rings. The van der Waals surface area contributed by atoms with E-state index in [-0.39, 0.29) is 0 Å². The van der Waals surface area contributed by atoms with Gasteiger partial charge in [0.2, 0.25) is 0 Å². The zero-order valence-corrected chi connectivity index (χ0v) is 12.3. The van der Waals surface area contributed by atoms with Crippen molar-refractivity contribution in [1.29, 1.82) is 0 Å². The highest BCUT2D eigenvalue weighted by molar-refractivity contribution is 7.98. The van der Waals surface area contributed by atoms with Crippen LogP contribution in [0.3, 0.4) is 0 Å². The molecule has 0 aliphatic heterocycles. The van der Waals surface area contributed by atoms with Gasteiger partial charge in [0.05, 0.1) is 19.1 Å². The lowest BCUT2D eigenvalue weighted by Crippen LogP contribution is -1.99. The van der Waals surface area contributed by atoms with E-state index in [1.807, 2.05) is 18.2 Å². The van der Waals surface area contributed by atoms with Gasteiger partial charge in [-0.05, 0) is 24.5 Å². The molecule has 0 fully saturated rings. The highest BCUT2D eigenvalue weighted by Crippen LogP contribution is 2.28. The van der Waals surface area contributed by atoms with E-state index in [2.05, 4.69) is 31.7 Å². The van der Waals surface area contributed by atoms with E-state index in [1.165, 1.54) is 6.33 Å². The molecule has 0 bridgehead atoms. The minimum Gasteiger partial charge on any atom is -0.495 e. The van der Waals surface area contributed by atoms with Crippen molar-refractivity contribution in [2.45, 2.75) is 0 Å². The molecule has 0 atom stereocenters. The van der Waals surface area contributed by atoms with Gasteiger partial charge in [-0.25, -0.2) is 4.98 Å². The van der Waals surface area contributed by atoms with E-state index < -0.39 is 0 Å². The molecule has 20 heavy (non-hydrogen) atoms. The number of rotatable bonds is 7. The first-order valence-corrected chi connectivity index (χ1v) is 7.52. The maximum Gasteiger partial charge on any atom is 0.155 e. The predicted molar refractivity (Wildman–Crippen MR) is 83.7 cm³/mol. The van der Waals surface area contributed by atoms with Crippen molar-refractivity contribution in [2.24, 2.45) is 4.99 Å². The molecule has 6 nitrogen and oxygen atoms in total. The van der Waals surface area contributed by atoms with Gasteiger partial charge in [-0.2, -0.15) is 16.9 Å². The van der Waals surface area contributed by atoms with Crippen molar-refractivity contribution in [2.75, 3.05) is 31.0 Å². The molecule has 2 rings (SSSR count). The van der Waals surface area contributed by atoms with E-state index >= 15 is 0 Å². The smallest absolute Gasteiger partial charge is 0.155 e. The van der Waals surface area contributed by atoms with Crippen molar-refractivity contribution in [3.63, 3.8) is 0 Å². The molecule has 0 aliphatic rings. The molecular weight excluding hydrogens is 274 g/mol. The van der Waals surface area contributed by atoms with E-state index in [4.69, 9.17) is 4.74 Å². The van der Waals surface area contributed by atoms with Crippen LogP contribution in [0.1, 0.15) is 0 Å². The number of nitrogens with one attached hydrogen (secondary N) is 2. The lowest BCUT2D eigenvalue weighted by atomic mass is 10.2. The maximum absolute atomic E-state index is 5.37. The summed E-state index contributed by atoms with van der Waals surface area (Å²) >= 11 is 1.77. The first kappa shape index (κ1) is 14.4. The number of aliphatic imine (C=N–C) groups is 1.